The molecule has 3 aliphatic carbocycles. The van der Waals surface area contributed by atoms with Crippen LogP contribution in [0.2, 0.25) is 0 Å². The molecule has 3 aliphatic rings. The Morgan fingerprint density at radius 1 is 0.345 bits per heavy atom. The molecule has 0 heterocycles. The van der Waals surface area contributed by atoms with Crippen LogP contribution in [0, 0.1) is 94.2 Å². The SMILES string of the molecule is CC1C(C)C(C)C(C)C(C)[C@@H]2C(C)C(C)[C@]3(C)C(C)C(C)C(C(C)C1C)C(C)[C@H]23. The molecule has 0 radical (unpaired) electrons. The lowest BCUT2D eigenvalue weighted by molar-refractivity contribution is -0.107. The van der Waals surface area contributed by atoms with Crippen LogP contribution in [-0.4, -0.2) is 0 Å². The van der Waals surface area contributed by atoms with Gasteiger partial charge in [0.1, 0.15) is 0 Å². The van der Waals surface area contributed by atoms with Crippen molar-refractivity contribution in [3.8, 4) is 0 Å². The fraction of sp³-hybridized carbons (Fsp3) is 1.00. The van der Waals surface area contributed by atoms with Crippen LogP contribution in [0.25, 0.3) is 0 Å². The van der Waals surface area contributed by atoms with E-state index in [9.17, 15) is 0 Å². The minimum atomic E-state index is 0.505. The van der Waals surface area contributed by atoms with Crippen molar-refractivity contribution in [2.75, 3.05) is 0 Å². The van der Waals surface area contributed by atoms with Gasteiger partial charge in [-0.15, -0.1) is 0 Å². The number of hydrogen-bond donors (Lipinski definition) is 0. The van der Waals surface area contributed by atoms with E-state index < -0.39 is 0 Å². The van der Waals surface area contributed by atoms with Crippen molar-refractivity contribution in [3.05, 3.63) is 0 Å². The molecule has 0 aromatic heterocycles. The van der Waals surface area contributed by atoms with Crippen molar-refractivity contribution >= 4 is 0 Å². The zero-order valence-corrected chi connectivity index (χ0v) is 22.2. The van der Waals surface area contributed by atoms with Crippen molar-refractivity contribution in [2.24, 2.45) is 94.2 Å². The molecule has 0 saturated heterocycles. The summed E-state index contributed by atoms with van der Waals surface area (Å²) < 4.78 is 0. The van der Waals surface area contributed by atoms with Crippen LogP contribution >= 0.6 is 0 Å². The average molecular weight is 403 g/mol. The van der Waals surface area contributed by atoms with Gasteiger partial charge in [-0.2, -0.15) is 0 Å². The van der Waals surface area contributed by atoms with Gasteiger partial charge in [0.15, 0.2) is 0 Å². The van der Waals surface area contributed by atoms with E-state index in [2.05, 4.69) is 90.0 Å². The van der Waals surface area contributed by atoms with Crippen molar-refractivity contribution in [3.63, 3.8) is 0 Å². The summed E-state index contributed by atoms with van der Waals surface area (Å²) in [6.45, 7) is 34.1. The Bertz CT molecular complexity index is 579. The molecule has 0 N–H and O–H groups in total. The summed E-state index contributed by atoms with van der Waals surface area (Å²) in [5, 5.41) is 0. The standard InChI is InChI=1S/C29H54/c1-14-15(2)17(4)19(6)26-21(8)24(11)29(13)25(12)22(9)27(28(29)23(26)10)20(7)18(5)16(14)3/h14-28H,1-13H3/t14?,15?,16?,17?,18?,19?,20?,21?,22?,23?,24?,25?,26?,27-,28-,29+/m1/s1. The lowest BCUT2D eigenvalue weighted by atomic mass is 9.46. The molecule has 16 atom stereocenters. The van der Waals surface area contributed by atoms with Gasteiger partial charge in [0, 0.05) is 0 Å². The highest BCUT2D eigenvalue weighted by Gasteiger charge is 2.64. The van der Waals surface area contributed by atoms with E-state index >= 15 is 0 Å². The maximum atomic E-state index is 2.71. The monoisotopic (exact) mass is 402 g/mol. The minimum Gasteiger partial charge on any atom is -0.0620 e. The molecule has 170 valence electrons. The van der Waals surface area contributed by atoms with E-state index in [0.717, 1.165) is 88.8 Å². The summed E-state index contributed by atoms with van der Waals surface area (Å²) in [6, 6.07) is 0. The lowest BCUT2D eigenvalue weighted by Gasteiger charge is -2.58. The van der Waals surface area contributed by atoms with Crippen LogP contribution in [0.15, 0.2) is 0 Å². The second-order valence-electron chi connectivity index (χ2n) is 13.2. The van der Waals surface area contributed by atoms with Crippen LogP contribution in [0.4, 0.5) is 0 Å². The molecule has 0 heteroatoms. The Balaban J connectivity index is 2.20. The van der Waals surface area contributed by atoms with Crippen LogP contribution in [-0.2, 0) is 0 Å². The van der Waals surface area contributed by atoms with Crippen molar-refractivity contribution in [1.29, 1.82) is 0 Å². The summed E-state index contributed by atoms with van der Waals surface area (Å²) >= 11 is 0. The smallest absolute Gasteiger partial charge is 0.0235 e. The van der Waals surface area contributed by atoms with E-state index in [1.165, 1.54) is 0 Å². The molecule has 3 fully saturated rings. The zero-order chi connectivity index (χ0) is 22.2. The van der Waals surface area contributed by atoms with E-state index in [4.69, 9.17) is 0 Å². The van der Waals surface area contributed by atoms with Gasteiger partial charge in [0.25, 0.3) is 0 Å². The molecule has 0 aromatic carbocycles. The number of rotatable bonds is 0. The molecule has 2 bridgehead atoms. The van der Waals surface area contributed by atoms with E-state index in [1.807, 2.05) is 0 Å². The van der Waals surface area contributed by atoms with Gasteiger partial charge in [0.05, 0.1) is 0 Å². The third kappa shape index (κ3) is 3.11. The van der Waals surface area contributed by atoms with Crippen molar-refractivity contribution in [1.82, 2.24) is 0 Å². The Hall–Kier alpha value is 0. The van der Waals surface area contributed by atoms with Crippen LogP contribution in [0.1, 0.15) is 90.0 Å². The van der Waals surface area contributed by atoms with Gasteiger partial charge in [-0.3, -0.25) is 0 Å². The van der Waals surface area contributed by atoms with Gasteiger partial charge >= 0.3 is 0 Å². The molecule has 0 amide bonds. The van der Waals surface area contributed by atoms with Crippen LogP contribution in [0.5, 0.6) is 0 Å². The molecule has 0 spiro atoms. The van der Waals surface area contributed by atoms with Gasteiger partial charge in [0.2, 0.25) is 0 Å². The van der Waals surface area contributed by atoms with Crippen LogP contribution < -0.4 is 0 Å². The van der Waals surface area contributed by atoms with Gasteiger partial charge in [-0.1, -0.05) is 90.0 Å². The van der Waals surface area contributed by atoms with Gasteiger partial charge < -0.3 is 0 Å². The second kappa shape index (κ2) is 7.85. The van der Waals surface area contributed by atoms with E-state index in [0.29, 0.717) is 5.41 Å². The highest BCUT2D eigenvalue weighted by molar-refractivity contribution is 5.12. The lowest BCUT2D eigenvalue weighted by Crippen LogP contribution is -2.53. The first kappa shape index (κ1) is 23.7. The van der Waals surface area contributed by atoms with Crippen LogP contribution in [0.3, 0.4) is 0 Å². The topological polar surface area (TPSA) is 0 Å². The summed E-state index contributed by atoms with van der Waals surface area (Å²) in [7, 11) is 0. The predicted octanol–water partition coefficient (Wildman–Crippen LogP) is 8.52. The maximum absolute atomic E-state index is 2.71. The Labute approximate surface area is 184 Å². The first-order valence-corrected chi connectivity index (χ1v) is 13.3. The fourth-order valence-corrected chi connectivity index (χ4v) is 10.1. The third-order valence-corrected chi connectivity index (χ3v) is 13.3. The number of hydrogen-bond acceptors (Lipinski definition) is 0. The summed E-state index contributed by atoms with van der Waals surface area (Å²) in [6.07, 6.45) is 0. The first-order valence-electron chi connectivity index (χ1n) is 13.3. The van der Waals surface area contributed by atoms with Gasteiger partial charge in [-0.05, 0) is 94.2 Å². The summed E-state index contributed by atoms with van der Waals surface area (Å²) in [5.74, 6) is 12.6. The molecule has 0 aliphatic heterocycles. The molecule has 13 unspecified atom stereocenters. The van der Waals surface area contributed by atoms with E-state index in [-0.39, 0.29) is 0 Å². The Kier molecular flexibility index (Phi) is 6.40. The predicted molar refractivity (Wildman–Crippen MR) is 129 cm³/mol. The number of fused-ring (bicyclic) bond motifs is 1. The third-order valence-electron chi connectivity index (χ3n) is 13.3. The molecule has 3 saturated carbocycles. The Morgan fingerprint density at radius 3 is 1.07 bits per heavy atom. The second-order valence-corrected chi connectivity index (χ2v) is 13.2. The van der Waals surface area contributed by atoms with Crippen molar-refractivity contribution in [2.45, 2.75) is 90.0 Å². The minimum absolute atomic E-state index is 0.505. The summed E-state index contributed by atoms with van der Waals surface area (Å²) in [5.41, 5.74) is 0.505. The molecule has 29 heavy (non-hydrogen) atoms. The normalized spacial score (nSPS) is 63.8. The molecule has 0 aromatic rings. The zero-order valence-electron chi connectivity index (χ0n) is 22.2. The average Bonchev–Trinajstić information content (AvgIpc) is 2.90. The van der Waals surface area contributed by atoms with Crippen molar-refractivity contribution < 1.29 is 0 Å². The first-order chi connectivity index (χ1) is 13.3. The molecular weight excluding hydrogens is 348 g/mol. The molecule has 0 nitrogen and oxygen atoms in total. The highest BCUT2D eigenvalue weighted by atomic mass is 14.7. The largest absolute Gasteiger partial charge is 0.0620 e. The summed E-state index contributed by atoms with van der Waals surface area (Å²) in [4.78, 5) is 0. The van der Waals surface area contributed by atoms with E-state index in [1.54, 1.807) is 0 Å². The fourth-order valence-electron chi connectivity index (χ4n) is 10.1. The Morgan fingerprint density at radius 2 is 0.655 bits per heavy atom. The molecular formula is C29H54. The highest BCUT2D eigenvalue weighted by Crippen LogP contribution is 2.69. The maximum Gasteiger partial charge on any atom is -0.0235 e. The quantitative estimate of drug-likeness (QED) is 0.381. The van der Waals surface area contributed by atoms with Gasteiger partial charge in [-0.25, -0.2) is 0 Å². The molecule has 3 rings (SSSR count).